The van der Waals surface area contributed by atoms with E-state index < -0.39 is 11.4 Å². The van der Waals surface area contributed by atoms with Gasteiger partial charge in [0.2, 0.25) is 5.91 Å². The lowest BCUT2D eigenvalue weighted by Gasteiger charge is -2.63. The Labute approximate surface area is 304 Å². The topological polar surface area (TPSA) is 66.4 Å². The number of rotatable bonds is 3. The van der Waals surface area contributed by atoms with Crippen LogP contribution in [0.25, 0.3) is 0 Å². The smallest absolute Gasteiger partial charge is 0.309 e. The van der Waals surface area contributed by atoms with E-state index >= 15 is 0 Å². The van der Waals surface area contributed by atoms with Crippen LogP contribution in [0.2, 0.25) is 0 Å². The van der Waals surface area contributed by atoms with Crippen LogP contribution in [-0.4, -0.2) is 23.0 Å². The van der Waals surface area contributed by atoms with Crippen molar-refractivity contribution in [3.05, 3.63) is 24.3 Å². The zero-order valence-electron chi connectivity index (χ0n) is 32.5. The standard InChI is InChI=1S/C26H41NO.C20H30O2/c1-18-16-26-15-12-21-24(2,22(26)11-10-19(18)17-26)13-7-14-25(21,3)23(28)27-20-8-5-4-6-9-20;1-13-11-20-10-7-15-18(2,16(20)6-5-14(13)12-20)8-4-9-19(15,3)17(21)22/h19-22H,1,4-17H2,2-3H3,(H,27,28);14-16H,1,4-12H2,2-3H3,(H,21,22)/t19?,21?,22?,24-,25-,26-;14?,15?,16?,18-,19-,20-/m11/s1. The molecule has 278 valence electrons. The van der Waals surface area contributed by atoms with Crippen LogP contribution in [0.15, 0.2) is 24.3 Å². The highest BCUT2D eigenvalue weighted by atomic mass is 16.4. The van der Waals surface area contributed by atoms with Gasteiger partial charge < -0.3 is 10.4 Å². The van der Waals surface area contributed by atoms with E-state index in [0.717, 1.165) is 49.4 Å². The fraction of sp³-hybridized carbons (Fsp3) is 0.870. The monoisotopic (exact) mass is 686 g/mol. The summed E-state index contributed by atoms with van der Waals surface area (Å²) < 4.78 is 0. The van der Waals surface area contributed by atoms with Crippen molar-refractivity contribution in [3.8, 4) is 0 Å². The normalized spacial score (nSPS) is 50.9. The molecule has 0 saturated heterocycles. The Hall–Kier alpha value is -1.58. The van der Waals surface area contributed by atoms with E-state index in [1.807, 2.05) is 6.92 Å². The summed E-state index contributed by atoms with van der Waals surface area (Å²) in [6.45, 7) is 18.3. The number of fused-ring (bicyclic) bond motifs is 6. The maximum atomic E-state index is 13.6. The SMILES string of the molecule is C=C1C[C@@]23CCC4[C@@](C)(CCC[C@@]4(C)C(=O)NC4CCCCC4)C2CCC1C3.C=C1C[C@@]23CCC4[C@@](C)(CCC[C@@]4(C)C(=O)O)C2CCC1C3. The molecule has 9 saturated carbocycles. The second-order valence-electron chi connectivity index (χ2n) is 21.3. The van der Waals surface area contributed by atoms with Gasteiger partial charge in [0.15, 0.2) is 0 Å². The third-order valence-electron chi connectivity index (χ3n) is 19.1. The first-order valence-electron chi connectivity index (χ1n) is 21.6. The third-order valence-corrected chi connectivity index (χ3v) is 19.1. The molecule has 6 unspecified atom stereocenters. The molecule has 0 aromatic rings. The average molecular weight is 686 g/mol. The summed E-state index contributed by atoms with van der Waals surface area (Å²) in [6, 6.07) is 0.440. The fourth-order valence-electron chi connectivity index (χ4n) is 16.8. The molecule has 50 heavy (non-hydrogen) atoms. The van der Waals surface area contributed by atoms with Crippen molar-refractivity contribution in [1.29, 1.82) is 0 Å². The minimum atomic E-state index is -0.552. The summed E-state index contributed by atoms with van der Waals surface area (Å²) >= 11 is 0. The van der Waals surface area contributed by atoms with Crippen molar-refractivity contribution in [2.24, 2.45) is 68.0 Å². The highest BCUT2D eigenvalue weighted by Gasteiger charge is 2.66. The minimum Gasteiger partial charge on any atom is -0.481 e. The molecule has 9 aliphatic rings. The molecule has 9 rings (SSSR count). The van der Waals surface area contributed by atoms with Crippen molar-refractivity contribution >= 4 is 11.9 Å². The van der Waals surface area contributed by atoms with Crippen LogP contribution in [0.3, 0.4) is 0 Å². The zero-order valence-corrected chi connectivity index (χ0v) is 32.5. The molecule has 9 aliphatic carbocycles. The Morgan fingerprint density at radius 2 is 1.06 bits per heavy atom. The number of carbonyl (C=O) groups excluding carboxylic acids is 1. The Morgan fingerprint density at radius 1 is 0.580 bits per heavy atom. The number of carboxylic acids is 1. The number of carbonyl (C=O) groups is 2. The Balaban J connectivity index is 0.000000149. The molecule has 9 fully saturated rings. The molecule has 4 heteroatoms. The Bertz CT molecular complexity index is 1410. The van der Waals surface area contributed by atoms with Crippen molar-refractivity contribution in [2.45, 2.75) is 181 Å². The maximum Gasteiger partial charge on any atom is 0.309 e. The van der Waals surface area contributed by atoms with Gasteiger partial charge in [-0.05, 0) is 180 Å². The van der Waals surface area contributed by atoms with Crippen LogP contribution in [0, 0.1) is 68.0 Å². The predicted octanol–water partition coefficient (Wildman–Crippen LogP) is 11.4. The molecule has 12 atom stereocenters. The number of carboxylic acid groups (broad SMARTS) is 1. The van der Waals surface area contributed by atoms with Gasteiger partial charge in [-0.3, -0.25) is 9.59 Å². The molecule has 0 heterocycles. The van der Waals surface area contributed by atoms with E-state index in [4.69, 9.17) is 0 Å². The van der Waals surface area contributed by atoms with Crippen LogP contribution in [0.1, 0.15) is 175 Å². The van der Waals surface area contributed by atoms with Crippen LogP contribution < -0.4 is 5.32 Å². The molecule has 2 N–H and O–H groups in total. The fourth-order valence-corrected chi connectivity index (χ4v) is 16.8. The van der Waals surface area contributed by atoms with Crippen molar-refractivity contribution in [3.63, 3.8) is 0 Å². The maximum absolute atomic E-state index is 13.6. The van der Waals surface area contributed by atoms with Gasteiger partial charge in [-0.1, -0.05) is 77.2 Å². The summed E-state index contributed by atoms with van der Waals surface area (Å²) in [6.07, 6.45) is 28.8. The van der Waals surface area contributed by atoms with Gasteiger partial charge in [0.05, 0.1) is 5.41 Å². The molecule has 2 spiro atoms. The molecular weight excluding hydrogens is 615 g/mol. The third kappa shape index (κ3) is 5.15. The van der Waals surface area contributed by atoms with Crippen LogP contribution in [-0.2, 0) is 9.59 Å². The lowest BCUT2D eigenvalue weighted by Crippen LogP contribution is -2.60. The largest absolute Gasteiger partial charge is 0.481 e. The predicted molar refractivity (Wildman–Crippen MR) is 202 cm³/mol. The van der Waals surface area contributed by atoms with Crippen molar-refractivity contribution < 1.29 is 14.7 Å². The van der Waals surface area contributed by atoms with E-state index in [1.54, 1.807) is 5.57 Å². The molecule has 4 nitrogen and oxygen atoms in total. The summed E-state index contributed by atoms with van der Waals surface area (Å²) in [4.78, 5) is 25.7. The molecule has 0 radical (unpaired) electrons. The first-order chi connectivity index (χ1) is 23.7. The molecule has 0 aromatic heterocycles. The average Bonchev–Trinajstić information content (AvgIpc) is 3.45. The van der Waals surface area contributed by atoms with Gasteiger partial charge in [0.1, 0.15) is 0 Å². The number of nitrogens with one attached hydrogen (secondary N) is 1. The molecule has 1 amide bonds. The summed E-state index contributed by atoms with van der Waals surface area (Å²) in [5, 5.41) is 13.4. The van der Waals surface area contributed by atoms with Crippen LogP contribution in [0.4, 0.5) is 0 Å². The first-order valence-corrected chi connectivity index (χ1v) is 21.6. The van der Waals surface area contributed by atoms with E-state index in [0.29, 0.717) is 40.0 Å². The van der Waals surface area contributed by atoms with Gasteiger partial charge in [0.25, 0.3) is 0 Å². The van der Waals surface area contributed by atoms with Gasteiger partial charge in [-0.2, -0.15) is 0 Å². The summed E-state index contributed by atoms with van der Waals surface area (Å²) in [7, 11) is 0. The first kappa shape index (κ1) is 35.4. The number of allylic oxidation sites excluding steroid dienone is 2. The number of hydrogen-bond donors (Lipinski definition) is 2. The molecule has 0 aliphatic heterocycles. The van der Waals surface area contributed by atoms with Crippen molar-refractivity contribution in [1.82, 2.24) is 5.32 Å². The van der Waals surface area contributed by atoms with Crippen LogP contribution in [0.5, 0.6) is 0 Å². The second-order valence-corrected chi connectivity index (χ2v) is 21.3. The van der Waals surface area contributed by atoms with Gasteiger partial charge in [0, 0.05) is 11.5 Å². The molecule has 4 bridgehead atoms. The highest BCUT2D eigenvalue weighted by Crippen LogP contribution is 2.73. The van der Waals surface area contributed by atoms with E-state index in [9.17, 15) is 14.7 Å². The number of amides is 1. The molecular formula is C46H71NO3. The number of hydrogen-bond acceptors (Lipinski definition) is 2. The van der Waals surface area contributed by atoms with E-state index in [1.165, 1.54) is 128 Å². The van der Waals surface area contributed by atoms with Crippen LogP contribution >= 0.6 is 0 Å². The van der Waals surface area contributed by atoms with Gasteiger partial charge >= 0.3 is 5.97 Å². The second kappa shape index (κ2) is 12.2. The minimum absolute atomic E-state index is 0.154. The van der Waals surface area contributed by atoms with E-state index in [2.05, 4.69) is 39.2 Å². The van der Waals surface area contributed by atoms with Gasteiger partial charge in [-0.15, -0.1) is 0 Å². The summed E-state index contributed by atoms with van der Waals surface area (Å²) in [5.41, 5.74) is 3.99. The zero-order chi connectivity index (χ0) is 35.3. The van der Waals surface area contributed by atoms with Gasteiger partial charge in [-0.25, -0.2) is 0 Å². The Kier molecular flexibility index (Phi) is 8.67. The lowest BCUT2D eigenvalue weighted by molar-refractivity contribution is -0.181. The Morgan fingerprint density at radius 3 is 1.56 bits per heavy atom. The summed E-state index contributed by atoms with van der Waals surface area (Å²) in [5.74, 6) is 3.90. The van der Waals surface area contributed by atoms with Crippen molar-refractivity contribution in [2.75, 3.05) is 0 Å². The van der Waals surface area contributed by atoms with E-state index in [-0.39, 0.29) is 10.8 Å². The number of aliphatic carboxylic acids is 1. The molecule has 0 aromatic carbocycles. The quantitative estimate of drug-likeness (QED) is 0.291. The lowest BCUT2D eigenvalue weighted by atomic mass is 9.41. The highest BCUT2D eigenvalue weighted by molar-refractivity contribution is 5.83.